The summed E-state index contributed by atoms with van der Waals surface area (Å²) >= 11 is 0. The number of phenols is 2. The van der Waals surface area contributed by atoms with E-state index in [9.17, 15) is 10.2 Å². The third-order valence-electron chi connectivity index (χ3n) is 9.52. The number of likely N-dealkylation sites (tertiary alicyclic amines) is 2. The third kappa shape index (κ3) is 5.04. The Labute approximate surface area is 248 Å². The highest BCUT2D eigenvalue weighted by molar-refractivity contribution is 5.89. The predicted molar refractivity (Wildman–Crippen MR) is 172 cm³/mol. The fraction of sp³-hybridized carbons (Fsp3) is 0.316. The molecule has 0 saturated carbocycles. The zero-order valence-electron chi connectivity index (χ0n) is 24.3. The summed E-state index contributed by atoms with van der Waals surface area (Å²) in [7, 11) is 0. The molecule has 4 heteroatoms. The standard InChI is InChI=1S/C38H40N2O2/c41-33-21-19-27-11-3-5-13-31(27)35(33)37(39-23-7-1-8-24-39)29-15-17-30(18-16-29)38(40-25-9-2-10-26-40)36-32-14-6-4-12-28(32)20-22-34(36)42/h3-6,11-22,37-38,41-42H,1-2,7-10,23-26H2. The van der Waals surface area contributed by atoms with Crippen molar-refractivity contribution in [3.8, 4) is 11.5 Å². The van der Waals surface area contributed by atoms with Crippen molar-refractivity contribution < 1.29 is 10.2 Å². The molecule has 2 heterocycles. The lowest BCUT2D eigenvalue weighted by Gasteiger charge is -2.37. The van der Waals surface area contributed by atoms with Gasteiger partial charge in [0.05, 0.1) is 12.1 Å². The van der Waals surface area contributed by atoms with Crippen LogP contribution >= 0.6 is 0 Å². The van der Waals surface area contributed by atoms with Crippen molar-refractivity contribution in [2.45, 2.75) is 50.6 Å². The Morgan fingerprint density at radius 3 is 1.21 bits per heavy atom. The van der Waals surface area contributed by atoms with Crippen molar-refractivity contribution in [3.63, 3.8) is 0 Å². The fourth-order valence-electron chi connectivity index (χ4n) is 7.48. The van der Waals surface area contributed by atoms with E-state index < -0.39 is 0 Å². The minimum absolute atomic E-state index is 0.0233. The largest absolute Gasteiger partial charge is 0.508 e. The first-order chi connectivity index (χ1) is 20.7. The first kappa shape index (κ1) is 27.0. The molecule has 2 aliphatic rings. The Balaban J connectivity index is 1.35. The molecule has 2 unspecified atom stereocenters. The molecule has 5 aromatic rings. The van der Waals surface area contributed by atoms with Gasteiger partial charge in [0.2, 0.25) is 0 Å². The molecular formula is C38H40N2O2. The highest BCUT2D eigenvalue weighted by Crippen LogP contribution is 2.43. The fourth-order valence-corrected chi connectivity index (χ4v) is 7.48. The van der Waals surface area contributed by atoms with Crippen LogP contribution in [0.1, 0.15) is 72.9 Å². The van der Waals surface area contributed by atoms with Crippen LogP contribution in [0.5, 0.6) is 11.5 Å². The molecule has 0 aliphatic carbocycles. The average molecular weight is 557 g/mol. The zero-order chi connectivity index (χ0) is 28.5. The number of hydrogen-bond donors (Lipinski definition) is 2. The number of aromatic hydroxyl groups is 2. The Bertz CT molecular complexity index is 1560. The number of hydrogen-bond acceptors (Lipinski definition) is 4. The third-order valence-corrected chi connectivity index (χ3v) is 9.52. The van der Waals surface area contributed by atoms with Crippen LogP contribution in [0.15, 0.2) is 97.1 Å². The lowest BCUT2D eigenvalue weighted by atomic mass is 9.87. The van der Waals surface area contributed by atoms with Gasteiger partial charge in [0, 0.05) is 11.1 Å². The van der Waals surface area contributed by atoms with E-state index in [0.717, 1.165) is 58.9 Å². The monoisotopic (exact) mass is 556 g/mol. The molecule has 2 N–H and O–H groups in total. The van der Waals surface area contributed by atoms with E-state index in [1.165, 1.54) is 49.7 Å². The molecule has 2 fully saturated rings. The van der Waals surface area contributed by atoms with Gasteiger partial charge in [0.15, 0.2) is 0 Å². The average Bonchev–Trinajstić information content (AvgIpc) is 3.05. The molecule has 5 aromatic carbocycles. The summed E-state index contributed by atoms with van der Waals surface area (Å²) in [5.41, 5.74) is 4.41. The first-order valence-corrected chi connectivity index (χ1v) is 15.7. The van der Waals surface area contributed by atoms with Crippen LogP contribution in [0.2, 0.25) is 0 Å². The number of piperidine rings is 2. The van der Waals surface area contributed by atoms with Crippen molar-refractivity contribution in [2.75, 3.05) is 26.2 Å². The minimum atomic E-state index is -0.0233. The quantitative estimate of drug-likeness (QED) is 0.220. The van der Waals surface area contributed by atoms with Gasteiger partial charge < -0.3 is 10.2 Å². The summed E-state index contributed by atoms with van der Waals surface area (Å²) < 4.78 is 0. The molecule has 0 amide bonds. The van der Waals surface area contributed by atoms with Gasteiger partial charge >= 0.3 is 0 Å². The summed E-state index contributed by atoms with van der Waals surface area (Å²) in [5, 5.41) is 27.1. The molecule has 7 rings (SSSR count). The molecule has 0 radical (unpaired) electrons. The second-order valence-electron chi connectivity index (χ2n) is 12.1. The van der Waals surface area contributed by atoms with E-state index in [1.807, 2.05) is 24.3 Å². The summed E-state index contributed by atoms with van der Waals surface area (Å²) in [4.78, 5) is 5.11. The number of nitrogens with zero attached hydrogens (tertiary/aromatic N) is 2. The molecule has 0 bridgehead atoms. The SMILES string of the molecule is Oc1ccc2ccccc2c1C(c1ccc(C(c2c(O)ccc3ccccc23)N2CCCCC2)cc1)N1CCCCC1. The van der Waals surface area contributed by atoms with Crippen molar-refractivity contribution in [2.24, 2.45) is 0 Å². The van der Waals surface area contributed by atoms with E-state index in [1.54, 1.807) is 0 Å². The van der Waals surface area contributed by atoms with Crippen LogP contribution < -0.4 is 0 Å². The summed E-state index contributed by atoms with van der Waals surface area (Å²) in [6.45, 7) is 4.09. The second-order valence-corrected chi connectivity index (χ2v) is 12.1. The molecular weight excluding hydrogens is 516 g/mol. The predicted octanol–water partition coefficient (Wildman–Crippen LogP) is 8.55. The first-order valence-electron chi connectivity index (χ1n) is 15.7. The maximum absolute atomic E-state index is 11.3. The van der Waals surface area contributed by atoms with Crippen LogP contribution in [0.25, 0.3) is 21.5 Å². The van der Waals surface area contributed by atoms with Gasteiger partial charge in [-0.3, -0.25) is 9.80 Å². The zero-order valence-corrected chi connectivity index (χ0v) is 24.3. The topological polar surface area (TPSA) is 46.9 Å². The lowest BCUT2D eigenvalue weighted by molar-refractivity contribution is 0.184. The Kier molecular flexibility index (Phi) is 7.58. The molecule has 2 aliphatic heterocycles. The molecule has 4 nitrogen and oxygen atoms in total. The molecule has 214 valence electrons. The summed E-state index contributed by atoms with van der Waals surface area (Å²) in [6, 6.07) is 33.6. The second kappa shape index (κ2) is 11.8. The normalized spacial score (nSPS) is 18.3. The maximum Gasteiger partial charge on any atom is 0.121 e. The highest BCUT2D eigenvalue weighted by atomic mass is 16.3. The Morgan fingerprint density at radius 2 is 0.810 bits per heavy atom. The highest BCUT2D eigenvalue weighted by Gasteiger charge is 2.31. The lowest BCUT2D eigenvalue weighted by Crippen LogP contribution is -2.35. The summed E-state index contributed by atoms with van der Waals surface area (Å²) in [6.07, 6.45) is 7.23. The molecule has 0 aromatic heterocycles. The van der Waals surface area contributed by atoms with Crippen molar-refractivity contribution >= 4 is 21.5 Å². The number of rotatable bonds is 6. The van der Waals surface area contributed by atoms with Gasteiger partial charge in [0.25, 0.3) is 0 Å². The maximum atomic E-state index is 11.3. The van der Waals surface area contributed by atoms with Crippen LogP contribution in [-0.2, 0) is 0 Å². The van der Waals surface area contributed by atoms with Gasteiger partial charge in [-0.05, 0) is 96.7 Å². The van der Waals surface area contributed by atoms with Crippen LogP contribution in [0, 0.1) is 0 Å². The number of phenolic OH excluding ortho intramolecular Hbond substituents is 2. The van der Waals surface area contributed by atoms with Crippen molar-refractivity contribution in [3.05, 3.63) is 119 Å². The van der Waals surface area contributed by atoms with Crippen LogP contribution in [-0.4, -0.2) is 46.2 Å². The van der Waals surface area contributed by atoms with E-state index in [0.29, 0.717) is 11.5 Å². The Hall–Kier alpha value is -3.86. The van der Waals surface area contributed by atoms with Gasteiger partial charge in [-0.1, -0.05) is 97.8 Å². The van der Waals surface area contributed by atoms with E-state index in [-0.39, 0.29) is 12.1 Å². The van der Waals surface area contributed by atoms with E-state index >= 15 is 0 Å². The van der Waals surface area contributed by atoms with E-state index in [4.69, 9.17) is 0 Å². The number of benzene rings is 5. The van der Waals surface area contributed by atoms with Crippen LogP contribution in [0.3, 0.4) is 0 Å². The molecule has 2 atom stereocenters. The minimum Gasteiger partial charge on any atom is -0.508 e. The van der Waals surface area contributed by atoms with Gasteiger partial charge in [-0.2, -0.15) is 0 Å². The Morgan fingerprint density at radius 1 is 0.429 bits per heavy atom. The van der Waals surface area contributed by atoms with Gasteiger partial charge in [-0.15, -0.1) is 0 Å². The molecule has 2 saturated heterocycles. The molecule has 0 spiro atoms. The summed E-state index contributed by atoms with van der Waals surface area (Å²) in [5.74, 6) is 0.723. The van der Waals surface area contributed by atoms with E-state index in [2.05, 4.69) is 82.6 Å². The van der Waals surface area contributed by atoms with Gasteiger partial charge in [0.1, 0.15) is 11.5 Å². The van der Waals surface area contributed by atoms with Gasteiger partial charge in [-0.25, -0.2) is 0 Å². The smallest absolute Gasteiger partial charge is 0.121 e. The molecule has 42 heavy (non-hydrogen) atoms. The van der Waals surface area contributed by atoms with Crippen molar-refractivity contribution in [1.29, 1.82) is 0 Å². The van der Waals surface area contributed by atoms with Crippen LogP contribution in [0.4, 0.5) is 0 Å². The van der Waals surface area contributed by atoms with Crippen molar-refractivity contribution in [1.82, 2.24) is 9.80 Å². The number of fused-ring (bicyclic) bond motifs is 2.